The van der Waals surface area contributed by atoms with E-state index in [0.717, 1.165) is 12.8 Å². The molecule has 2 aromatic rings. The van der Waals surface area contributed by atoms with Gasteiger partial charge in [0.25, 0.3) is 0 Å². The summed E-state index contributed by atoms with van der Waals surface area (Å²) >= 11 is 0. The first-order chi connectivity index (χ1) is 15.6. The monoisotopic (exact) mass is 454 g/mol. The number of allylic oxidation sites excluding steroid dienone is 4. The molecule has 0 nitrogen and oxygen atoms in total. The van der Waals surface area contributed by atoms with Crippen LogP contribution in [-0.4, -0.2) is 0 Å². The van der Waals surface area contributed by atoms with Crippen LogP contribution in [-0.2, 0) is 22.7 Å². The summed E-state index contributed by atoms with van der Waals surface area (Å²) in [5.74, 6) is 0.418. The average molecular weight is 455 g/mol. The number of hydrogen-bond acceptors (Lipinski definition) is 0. The van der Waals surface area contributed by atoms with Gasteiger partial charge in [-0.2, -0.15) is 0 Å². The van der Waals surface area contributed by atoms with E-state index in [1.54, 1.807) is 5.56 Å². The molecule has 0 heteroatoms. The van der Waals surface area contributed by atoms with Crippen LogP contribution in [0.1, 0.15) is 110 Å². The van der Waals surface area contributed by atoms with Crippen LogP contribution >= 0.6 is 0 Å². The molecule has 0 aliphatic heterocycles. The van der Waals surface area contributed by atoms with Crippen molar-refractivity contribution in [3.63, 3.8) is 0 Å². The Bertz CT molecular complexity index is 1170. The lowest BCUT2D eigenvalue weighted by Crippen LogP contribution is -2.28. The minimum atomic E-state index is 0.0301. The molecule has 34 heavy (non-hydrogen) atoms. The van der Waals surface area contributed by atoms with Gasteiger partial charge in [-0.3, -0.25) is 0 Å². The first kappa shape index (κ1) is 25.0. The van der Waals surface area contributed by atoms with E-state index in [0.29, 0.717) is 5.92 Å². The van der Waals surface area contributed by atoms with Crippen LogP contribution in [0.25, 0.3) is 11.1 Å². The summed E-state index contributed by atoms with van der Waals surface area (Å²) < 4.78 is 0. The van der Waals surface area contributed by atoms with Crippen LogP contribution in [0, 0.1) is 11.3 Å². The Morgan fingerprint density at radius 3 is 1.97 bits per heavy atom. The normalized spacial score (nSPS) is 18.2. The maximum Gasteiger partial charge on any atom is 0.00476 e. The minimum absolute atomic E-state index is 0.0301. The predicted molar refractivity (Wildman–Crippen MR) is 150 cm³/mol. The zero-order valence-electron chi connectivity index (χ0n) is 23.6. The van der Waals surface area contributed by atoms with E-state index in [2.05, 4.69) is 125 Å². The molecule has 0 saturated heterocycles. The highest BCUT2D eigenvalue weighted by molar-refractivity contribution is 5.80. The van der Waals surface area contributed by atoms with Crippen molar-refractivity contribution in [3.8, 4) is 11.1 Å². The molecule has 0 aromatic heterocycles. The van der Waals surface area contributed by atoms with Crippen molar-refractivity contribution in [2.45, 2.75) is 105 Å². The lowest BCUT2D eigenvalue weighted by molar-refractivity contribution is 0.423. The summed E-state index contributed by atoms with van der Waals surface area (Å²) in [5.41, 5.74) is 12.4. The van der Waals surface area contributed by atoms with Gasteiger partial charge in [0.05, 0.1) is 0 Å². The molecule has 0 spiro atoms. The molecule has 0 saturated carbocycles. The van der Waals surface area contributed by atoms with Crippen molar-refractivity contribution in [2.75, 3.05) is 0 Å². The molecular weight excluding hydrogens is 408 g/mol. The van der Waals surface area contributed by atoms with E-state index >= 15 is 0 Å². The third-order valence-corrected chi connectivity index (χ3v) is 8.78. The van der Waals surface area contributed by atoms with Gasteiger partial charge in [-0.25, -0.2) is 0 Å². The van der Waals surface area contributed by atoms with Crippen LogP contribution < -0.4 is 0 Å². The SMILES string of the molecule is CCC(C)(C)C1=CC(C(C)(C)c2cc(C(C)(C)C)cc3c2Cc2ccc(C(C)(C)C)cc2-3)C=C1. The van der Waals surface area contributed by atoms with Gasteiger partial charge in [-0.15, -0.1) is 0 Å². The third-order valence-electron chi connectivity index (χ3n) is 8.78. The zero-order valence-corrected chi connectivity index (χ0v) is 23.6. The van der Waals surface area contributed by atoms with E-state index in [9.17, 15) is 0 Å². The van der Waals surface area contributed by atoms with Gasteiger partial charge in [-0.1, -0.05) is 125 Å². The lowest BCUT2D eigenvalue weighted by Gasteiger charge is -2.34. The van der Waals surface area contributed by atoms with Crippen molar-refractivity contribution < 1.29 is 0 Å². The van der Waals surface area contributed by atoms with Crippen LogP contribution in [0.5, 0.6) is 0 Å². The van der Waals surface area contributed by atoms with Gasteiger partial charge in [0.2, 0.25) is 0 Å². The summed E-state index contributed by atoms with van der Waals surface area (Å²) in [5, 5.41) is 0. The molecule has 0 radical (unpaired) electrons. The first-order valence-corrected chi connectivity index (χ1v) is 13.3. The molecular formula is C34H46. The van der Waals surface area contributed by atoms with Gasteiger partial charge in [0.1, 0.15) is 0 Å². The summed E-state index contributed by atoms with van der Waals surface area (Å²) in [4.78, 5) is 0. The lowest BCUT2D eigenvalue weighted by atomic mass is 9.69. The van der Waals surface area contributed by atoms with E-state index in [1.807, 2.05) is 0 Å². The summed E-state index contributed by atoms with van der Waals surface area (Å²) in [6.45, 7) is 26.0. The van der Waals surface area contributed by atoms with E-state index in [-0.39, 0.29) is 21.7 Å². The molecule has 2 aliphatic rings. The maximum absolute atomic E-state index is 2.56. The highest BCUT2D eigenvalue weighted by atomic mass is 14.4. The van der Waals surface area contributed by atoms with Gasteiger partial charge in [-0.05, 0) is 79.0 Å². The van der Waals surface area contributed by atoms with Crippen molar-refractivity contribution in [3.05, 3.63) is 82.0 Å². The van der Waals surface area contributed by atoms with E-state index < -0.39 is 0 Å². The Balaban J connectivity index is 1.89. The molecule has 0 bridgehead atoms. The third kappa shape index (κ3) is 4.23. The topological polar surface area (TPSA) is 0 Å². The van der Waals surface area contributed by atoms with Crippen molar-refractivity contribution in [1.29, 1.82) is 0 Å². The van der Waals surface area contributed by atoms with Gasteiger partial charge in [0, 0.05) is 5.92 Å². The summed E-state index contributed by atoms with van der Waals surface area (Å²) in [6.07, 6.45) is 9.62. The van der Waals surface area contributed by atoms with Gasteiger partial charge < -0.3 is 0 Å². The minimum Gasteiger partial charge on any atom is -0.0764 e. The molecule has 0 heterocycles. The zero-order chi connectivity index (χ0) is 25.3. The van der Waals surface area contributed by atoms with Gasteiger partial charge in [0.15, 0.2) is 0 Å². The number of hydrogen-bond donors (Lipinski definition) is 0. The Kier molecular flexibility index (Phi) is 5.87. The van der Waals surface area contributed by atoms with E-state index in [1.165, 1.54) is 39.0 Å². The second-order valence-corrected chi connectivity index (χ2v) is 14.1. The molecule has 2 aliphatic carbocycles. The standard InChI is InChI=1S/C34H46/c1-12-33(8,9)24-15-16-25(18-24)34(10,11)30-21-26(32(5,6)7)20-28-27-19-23(31(2,3)4)14-13-22(27)17-29(28)30/h13-16,18-21,25H,12,17H2,1-11H3. The fourth-order valence-electron chi connectivity index (χ4n) is 5.54. The largest absolute Gasteiger partial charge is 0.0764 e. The summed E-state index contributed by atoms with van der Waals surface area (Å²) in [6, 6.07) is 12.3. The van der Waals surface area contributed by atoms with Crippen LogP contribution in [0.15, 0.2) is 54.1 Å². The highest BCUT2D eigenvalue weighted by Crippen LogP contribution is 2.49. The number of benzene rings is 2. The fourth-order valence-corrected chi connectivity index (χ4v) is 5.54. The molecule has 1 atom stereocenters. The molecule has 4 rings (SSSR count). The first-order valence-electron chi connectivity index (χ1n) is 13.3. The molecule has 0 fully saturated rings. The highest BCUT2D eigenvalue weighted by Gasteiger charge is 2.37. The van der Waals surface area contributed by atoms with E-state index in [4.69, 9.17) is 0 Å². The second kappa shape index (κ2) is 7.97. The van der Waals surface area contributed by atoms with Crippen molar-refractivity contribution in [2.24, 2.45) is 11.3 Å². The maximum atomic E-state index is 2.56. The summed E-state index contributed by atoms with van der Waals surface area (Å²) in [7, 11) is 0. The smallest absolute Gasteiger partial charge is 0.00476 e. The quantitative estimate of drug-likeness (QED) is 0.368. The molecule has 0 amide bonds. The van der Waals surface area contributed by atoms with Crippen LogP contribution in [0.2, 0.25) is 0 Å². The predicted octanol–water partition coefficient (Wildman–Crippen LogP) is 9.68. The Hall–Kier alpha value is -2.08. The Labute approximate surface area is 209 Å². The van der Waals surface area contributed by atoms with Crippen LogP contribution in [0.4, 0.5) is 0 Å². The molecule has 0 N–H and O–H groups in total. The van der Waals surface area contributed by atoms with Crippen LogP contribution in [0.3, 0.4) is 0 Å². The molecule has 182 valence electrons. The average Bonchev–Trinajstić information content (AvgIpc) is 3.37. The van der Waals surface area contributed by atoms with Crippen molar-refractivity contribution in [1.82, 2.24) is 0 Å². The second-order valence-electron chi connectivity index (χ2n) is 14.1. The Morgan fingerprint density at radius 1 is 0.765 bits per heavy atom. The molecule has 2 aromatic carbocycles. The number of rotatable bonds is 4. The Morgan fingerprint density at radius 2 is 1.38 bits per heavy atom. The van der Waals surface area contributed by atoms with Gasteiger partial charge >= 0.3 is 0 Å². The molecule has 1 unspecified atom stereocenters. The number of fused-ring (bicyclic) bond motifs is 3. The van der Waals surface area contributed by atoms with Crippen molar-refractivity contribution >= 4 is 0 Å². The fraction of sp³-hybridized carbons (Fsp3) is 0.529.